The zero-order valence-electron chi connectivity index (χ0n) is 15.0. The summed E-state index contributed by atoms with van der Waals surface area (Å²) in [4.78, 5) is 2.53. The first-order chi connectivity index (χ1) is 10.4. The highest BCUT2D eigenvalue weighted by atomic mass is 15.2. The molecule has 0 spiro atoms. The minimum Gasteiger partial charge on any atom is -0.324 e. The molecule has 2 rings (SSSR count). The molecule has 0 amide bonds. The van der Waals surface area contributed by atoms with Crippen molar-refractivity contribution in [3.63, 3.8) is 0 Å². The van der Waals surface area contributed by atoms with E-state index in [1.807, 2.05) is 0 Å². The largest absolute Gasteiger partial charge is 0.324 e. The first-order valence-corrected chi connectivity index (χ1v) is 8.96. The normalized spacial score (nSPS) is 32.8. The quantitative estimate of drug-likeness (QED) is 0.793. The summed E-state index contributed by atoms with van der Waals surface area (Å²) in [5.41, 5.74) is 10.9. The minimum absolute atomic E-state index is 0.00844. The zero-order valence-corrected chi connectivity index (χ0v) is 15.0. The van der Waals surface area contributed by atoms with Crippen molar-refractivity contribution in [2.75, 3.05) is 19.6 Å². The first kappa shape index (κ1) is 17.5. The third-order valence-electron chi connectivity index (χ3n) is 5.74. The van der Waals surface area contributed by atoms with Crippen LogP contribution in [0.3, 0.4) is 0 Å². The fourth-order valence-corrected chi connectivity index (χ4v) is 4.10. The van der Waals surface area contributed by atoms with Crippen molar-refractivity contribution in [3.8, 4) is 0 Å². The SMILES string of the molecule is C=C(CN1CC(CC)[C@](N)(CCC)C1)C1=CC=C(C)C(C)C1. The Bertz CT molecular complexity index is 474. The third kappa shape index (κ3) is 3.72. The second-order valence-electron chi connectivity index (χ2n) is 7.57. The molecule has 124 valence electrons. The molecule has 0 saturated carbocycles. The van der Waals surface area contributed by atoms with Gasteiger partial charge in [0.15, 0.2) is 0 Å². The molecule has 2 aliphatic rings. The Labute approximate surface area is 137 Å². The number of rotatable bonds is 6. The molecule has 1 aliphatic heterocycles. The van der Waals surface area contributed by atoms with Crippen LogP contribution in [0.5, 0.6) is 0 Å². The average molecular weight is 303 g/mol. The van der Waals surface area contributed by atoms with E-state index in [0.717, 1.165) is 32.5 Å². The predicted octanol–water partition coefficient (Wildman–Crippen LogP) is 4.29. The smallest absolute Gasteiger partial charge is 0.0324 e. The van der Waals surface area contributed by atoms with Gasteiger partial charge in [0.05, 0.1) is 0 Å². The number of nitrogens with two attached hydrogens (primary N) is 1. The topological polar surface area (TPSA) is 29.3 Å². The van der Waals surface area contributed by atoms with Crippen LogP contribution in [-0.2, 0) is 0 Å². The van der Waals surface area contributed by atoms with Crippen molar-refractivity contribution in [1.82, 2.24) is 4.90 Å². The lowest BCUT2D eigenvalue weighted by Gasteiger charge is -2.29. The van der Waals surface area contributed by atoms with Gasteiger partial charge in [0, 0.05) is 25.2 Å². The summed E-state index contributed by atoms with van der Waals surface area (Å²) < 4.78 is 0. The van der Waals surface area contributed by atoms with Crippen LogP contribution in [0, 0.1) is 11.8 Å². The number of nitrogens with zero attached hydrogens (tertiary/aromatic N) is 1. The zero-order chi connectivity index (χ0) is 16.3. The van der Waals surface area contributed by atoms with Crippen molar-refractivity contribution in [3.05, 3.63) is 35.5 Å². The van der Waals surface area contributed by atoms with Crippen molar-refractivity contribution >= 4 is 0 Å². The highest BCUT2D eigenvalue weighted by Crippen LogP contribution is 2.34. The van der Waals surface area contributed by atoms with E-state index in [1.54, 1.807) is 0 Å². The van der Waals surface area contributed by atoms with Gasteiger partial charge in [-0.3, -0.25) is 4.90 Å². The van der Waals surface area contributed by atoms with E-state index in [0.29, 0.717) is 11.8 Å². The average Bonchev–Trinajstić information content (AvgIpc) is 2.77. The fraction of sp³-hybridized carbons (Fsp3) is 0.700. The summed E-state index contributed by atoms with van der Waals surface area (Å²) in [6.07, 6.45) is 9.16. The van der Waals surface area contributed by atoms with Crippen molar-refractivity contribution in [2.45, 2.75) is 58.9 Å². The fourth-order valence-electron chi connectivity index (χ4n) is 4.10. The Morgan fingerprint density at radius 1 is 1.41 bits per heavy atom. The van der Waals surface area contributed by atoms with Crippen LogP contribution in [0.4, 0.5) is 0 Å². The molecule has 0 aromatic rings. The molecule has 3 atom stereocenters. The Hall–Kier alpha value is -0.860. The Balaban J connectivity index is 1.99. The summed E-state index contributed by atoms with van der Waals surface area (Å²) in [7, 11) is 0. The second-order valence-corrected chi connectivity index (χ2v) is 7.57. The first-order valence-electron chi connectivity index (χ1n) is 8.96. The highest BCUT2D eigenvalue weighted by Gasteiger charge is 2.41. The van der Waals surface area contributed by atoms with E-state index in [4.69, 9.17) is 5.73 Å². The molecule has 2 heteroatoms. The molecule has 22 heavy (non-hydrogen) atoms. The molecule has 2 nitrogen and oxygen atoms in total. The van der Waals surface area contributed by atoms with Gasteiger partial charge in [-0.1, -0.05) is 57.9 Å². The molecule has 0 radical (unpaired) electrons. The molecule has 2 unspecified atom stereocenters. The maximum absolute atomic E-state index is 6.71. The monoisotopic (exact) mass is 302 g/mol. The van der Waals surface area contributed by atoms with Crippen LogP contribution in [0.25, 0.3) is 0 Å². The van der Waals surface area contributed by atoms with Crippen LogP contribution >= 0.6 is 0 Å². The number of hydrogen-bond donors (Lipinski definition) is 1. The van der Waals surface area contributed by atoms with Gasteiger partial charge in [-0.2, -0.15) is 0 Å². The van der Waals surface area contributed by atoms with Crippen LogP contribution in [0.1, 0.15) is 53.4 Å². The van der Waals surface area contributed by atoms with E-state index in [1.165, 1.54) is 29.6 Å². The number of likely N-dealkylation sites (tertiary alicyclic amines) is 1. The van der Waals surface area contributed by atoms with Gasteiger partial charge >= 0.3 is 0 Å². The van der Waals surface area contributed by atoms with E-state index >= 15 is 0 Å². The van der Waals surface area contributed by atoms with Crippen LogP contribution in [0.2, 0.25) is 0 Å². The molecule has 1 fully saturated rings. The minimum atomic E-state index is 0.00844. The number of allylic oxidation sites excluding steroid dienone is 3. The standard InChI is InChI=1S/C20H34N2/c1-6-10-20(21)14-22(13-19(20)7-2)12-17(5)18-9-8-15(3)16(4)11-18/h8-9,16,19H,5-7,10-14,21H2,1-4H3/t16?,19?,20-/m0/s1. The Kier molecular flexibility index (Phi) is 5.68. The summed E-state index contributed by atoms with van der Waals surface area (Å²) in [6, 6.07) is 0. The van der Waals surface area contributed by atoms with E-state index in [9.17, 15) is 0 Å². The van der Waals surface area contributed by atoms with E-state index in [2.05, 4.69) is 51.3 Å². The molecule has 1 heterocycles. The van der Waals surface area contributed by atoms with Gasteiger partial charge in [-0.05, 0) is 42.7 Å². The van der Waals surface area contributed by atoms with E-state index in [-0.39, 0.29) is 5.54 Å². The lowest BCUT2D eigenvalue weighted by atomic mass is 9.82. The third-order valence-corrected chi connectivity index (χ3v) is 5.74. The van der Waals surface area contributed by atoms with Crippen molar-refractivity contribution in [2.24, 2.45) is 17.6 Å². The van der Waals surface area contributed by atoms with E-state index < -0.39 is 0 Å². The summed E-state index contributed by atoms with van der Waals surface area (Å²) >= 11 is 0. The Morgan fingerprint density at radius 3 is 2.73 bits per heavy atom. The molecule has 0 aromatic carbocycles. The van der Waals surface area contributed by atoms with Crippen molar-refractivity contribution < 1.29 is 0 Å². The van der Waals surface area contributed by atoms with Gasteiger partial charge < -0.3 is 5.73 Å². The molecular formula is C20H34N2. The highest BCUT2D eigenvalue weighted by molar-refractivity contribution is 5.38. The second kappa shape index (κ2) is 7.14. The lowest BCUT2D eigenvalue weighted by molar-refractivity contribution is 0.302. The Morgan fingerprint density at radius 2 is 2.14 bits per heavy atom. The summed E-state index contributed by atoms with van der Waals surface area (Å²) in [5.74, 6) is 1.27. The predicted molar refractivity (Wildman–Crippen MR) is 96.8 cm³/mol. The maximum atomic E-state index is 6.71. The van der Waals surface area contributed by atoms with Crippen LogP contribution in [0.15, 0.2) is 35.5 Å². The summed E-state index contributed by atoms with van der Waals surface area (Å²) in [5, 5.41) is 0. The molecule has 1 aliphatic carbocycles. The van der Waals surface area contributed by atoms with Gasteiger partial charge in [0.25, 0.3) is 0 Å². The lowest BCUT2D eigenvalue weighted by Crippen LogP contribution is -2.47. The van der Waals surface area contributed by atoms with Crippen LogP contribution < -0.4 is 5.73 Å². The van der Waals surface area contributed by atoms with Gasteiger partial charge in [-0.15, -0.1) is 0 Å². The molecule has 0 aromatic heterocycles. The molecule has 1 saturated heterocycles. The number of hydrogen-bond acceptors (Lipinski definition) is 2. The van der Waals surface area contributed by atoms with Gasteiger partial charge in [-0.25, -0.2) is 0 Å². The van der Waals surface area contributed by atoms with Gasteiger partial charge in [0.1, 0.15) is 0 Å². The van der Waals surface area contributed by atoms with Gasteiger partial charge in [0.2, 0.25) is 0 Å². The molecule has 2 N–H and O–H groups in total. The molecule has 0 bridgehead atoms. The van der Waals surface area contributed by atoms with Crippen molar-refractivity contribution in [1.29, 1.82) is 0 Å². The van der Waals surface area contributed by atoms with Crippen LogP contribution in [-0.4, -0.2) is 30.1 Å². The summed E-state index contributed by atoms with van der Waals surface area (Å²) in [6.45, 7) is 16.5. The molecular weight excluding hydrogens is 268 g/mol. The maximum Gasteiger partial charge on any atom is 0.0324 e.